The second-order valence-corrected chi connectivity index (χ2v) is 5.40. The van der Waals surface area contributed by atoms with Gasteiger partial charge in [0.05, 0.1) is 5.69 Å². The number of nitrogens with zero attached hydrogens (tertiary/aromatic N) is 2. The third-order valence-corrected chi connectivity index (χ3v) is 3.72. The first kappa shape index (κ1) is 14.9. The molecule has 0 atom stereocenters. The smallest absolute Gasteiger partial charge is 0.131 e. The minimum absolute atomic E-state index is 0.456. The SMILES string of the molecule is [c]1ccc(OCc2ccccn2)cc1OCCN1CCCC1. The van der Waals surface area contributed by atoms with Crippen molar-refractivity contribution < 1.29 is 9.47 Å². The Hall–Kier alpha value is -2.07. The summed E-state index contributed by atoms with van der Waals surface area (Å²) in [4.78, 5) is 6.67. The zero-order valence-electron chi connectivity index (χ0n) is 12.7. The second kappa shape index (κ2) is 7.80. The monoisotopic (exact) mass is 297 g/mol. The van der Waals surface area contributed by atoms with Crippen LogP contribution in [0.15, 0.2) is 42.6 Å². The normalized spacial score (nSPS) is 14.9. The van der Waals surface area contributed by atoms with Crippen molar-refractivity contribution >= 4 is 0 Å². The van der Waals surface area contributed by atoms with Gasteiger partial charge in [0.2, 0.25) is 0 Å². The number of hydrogen-bond acceptors (Lipinski definition) is 4. The summed E-state index contributed by atoms with van der Waals surface area (Å²) in [5, 5.41) is 0. The fourth-order valence-corrected chi connectivity index (χ4v) is 2.53. The van der Waals surface area contributed by atoms with Crippen LogP contribution in [0, 0.1) is 6.07 Å². The number of likely N-dealkylation sites (tertiary alicyclic amines) is 1. The van der Waals surface area contributed by atoms with E-state index in [-0.39, 0.29) is 0 Å². The lowest BCUT2D eigenvalue weighted by Crippen LogP contribution is -2.25. The molecule has 0 bridgehead atoms. The minimum atomic E-state index is 0.456. The van der Waals surface area contributed by atoms with E-state index in [1.165, 1.54) is 25.9 Å². The van der Waals surface area contributed by atoms with Crippen molar-refractivity contribution in [3.63, 3.8) is 0 Å². The summed E-state index contributed by atoms with van der Waals surface area (Å²) >= 11 is 0. The number of aromatic nitrogens is 1. The zero-order valence-corrected chi connectivity index (χ0v) is 12.7. The molecular weight excluding hydrogens is 276 g/mol. The van der Waals surface area contributed by atoms with Crippen molar-refractivity contribution in [1.82, 2.24) is 9.88 Å². The van der Waals surface area contributed by atoms with Crippen LogP contribution in [0.25, 0.3) is 0 Å². The highest BCUT2D eigenvalue weighted by molar-refractivity contribution is 5.32. The Kier molecular flexibility index (Phi) is 5.27. The molecule has 0 saturated carbocycles. The van der Waals surface area contributed by atoms with Gasteiger partial charge < -0.3 is 9.47 Å². The summed E-state index contributed by atoms with van der Waals surface area (Å²) in [7, 11) is 0. The topological polar surface area (TPSA) is 34.6 Å². The van der Waals surface area contributed by atoms with Crippen LogP contribution in [0.1, 0.15) is 18.5 Å². The first-order valence-electron chi connectivity index (χ1n) is 7.80. The van der Waals surface area contributed by atoms with Crippen molar-refractivity contribution in [3.8, 4) is 11.5 Å². The second-order valence-electron chi connectivity index (χ2n) is 5.40. The highest BCUT2D eigenvalue weighted by Gasteiger charge is 2.10. The molecular formula is C18H21N2O2. The van der Waals surface area contributed by atoms with Crippen LogP contribution in [0.3, 0.4) is 0 Å². The Bertz CT molecular complexity index is 568. The molecule has 4 nitrogen and oxygen atoms in total. The van der Waals surface area contributed by atoms with Crippen LogP contribution in [-0.4, -0.2) is 36.1 Å². The van der Waals surface area contributed by atoms with E-state index < -0.39 is 0 Å². The van der Waals surface area contributed by atoms with Crippen molar-refractivity contribution in [2.24, 2.45) is 0 Å². The van der Waals surface area contributed by atoms with Gasteiger partial charge in [0.25, 0.3) is 0 Å². The van der Waals surface area contributed by atoms with Gasteiger partial charge in [-0.3, -0.25) is 9.88 Å². The lowest BCUT2D eigenvalue weighted by molar-refractivity contribution is 0.235. The van der Waals surface area contributed by atoms with Gasteiger partial charge >= 0.3 is 0 Å². The molecule has 1 saturated heterocycles. The maximum absolute atomic E-state index is 5.77. The molecule has 1 aromatic carbocycles. The number of pyridine rings is 1. The molecule has 1 aliphatic heterocycles. The Morgan fingerprint density at radius 3 is 2.86 bits per heavy atom. The molecule has 1 radical (unpaired) electrons. The van der Waals surface area contributed by atoms with E-state index in [9.17, 15) is 0 Å². The van der Waals surface area contributed by atoms with E-state index in [2.05, 4.69) is 16.0 Å². The number of benzene rings is 1. The van der Waals surface area contributed by atoms with Crippen molar-refractivity contribution in [1.29, 1.82) is 0 Å². The molecule has 0 aliphatic carbocycles. The Labute approximate surface area is 131 Å². The summed E-state index contributed by atoms with van der Waals surface area (Å²) < 4.78 is 11.5. The van der Waals surface area contributed by atoms with Gasteiger partial charge in [-0.25, -0.2) is 0 Å². The maximum Gasteiger partial charge on any atom is 0.131 e. The minimum Gasteiger partial charge on any atom is -0.491 e. The molecule has 1 aromatic heterocycles. The summed E-state index contributed by atoms with van der Waals surface area (Å²) in [6.45, 7) is 4.52. The molecule has 1 fully saturated rings. The standard InChI is InChI=1S/C18H21N2O2/c1-2-9-19-16(6-1)15-22-18-8-5-7-17(14-18)21-13-12-20-10-3-4-11-20/h1-2,5-6,8-9,14H,3-4,10-13,15H2. The van der Waals surface area contributed by atoms with Crippen LogP contribution < -0.4 is 9.47 Å². The third-order valence-electron chi connectivity index (χ3n) is 3.72. The van der Waals surface area contributed by atoms with Crippen molar-refractivity contribution in [2.75, 3.05) is 26.2 Å². The fraction of sp³-hybridized carbons (Fsp3) is 0.389. The molecule has 0 amide bonds. The van der Waals surface area contributed by atoms with Gasteiger partial charge in [0.1, 0.15) is 24.7 Å². The quantitative estimate of drug-likeness (QED) is 0.787. The van der Waals surface area contributed by atoms with Gasteiger partial charge in [-0.15, -0.1) is 0 Å². The van der Waals surface area contributed by atoms with Crippen LogP contribution in [0.2, 0.25) is 0 Å². The molecule has 22 heavy (non-hydrogen) atoms. The van der Waals surface area contributed by atoms with Gasteiger partial charge in [-0.05, 0) is 50.2 Å². The molecule has 2 heterocycles. The van der Waals surface area contributed by atoms with E-state index in [4.69, 9.17) is 9.47 Å². The zero-order chi connectivity index (χ0) is 15.0. The summed E-state index contributed by atoms with van der Waals surface area (Å²) in [5.74, 6) is 1.51. The number of hydrogen-bond donors (Lipinski definition) is 0. The summed E-state index contributed by atoms with van der Waals surface area (Å²) in [5.41, 5.74) is 0.909. The molecule has 3 rings (SSSR count). The van der Waals surface area contributed by atoms with Crippen LogP contribution in [0.4, 0.5) is 0 Å². The van der Waals surface area contributed by atoms with E-state index in [0.29, 0.717) is 13.2 Å². The van der Waals surface area contributed by atoms with Crippen LogP contribution >= 0.6 is 0 Å². The average molecular weight is 297 g/mol. The molecule has 0 N–H and O–H groups in total. The van der Waals surface area contributed by atoms with Crippen molar-refractivity contribution in [2.45, 2.75) is 19.4 Å². The fourth-order valence-electron chi connectivity index (χ4n) is 2.53. The maximum atomic E-state index is 5.77. The van der Waals surface area contributed by atoms with E-state index in [0.717, 1.165) is 23.7 Å². The largest absolute Gasteiger partial charge is 0.491 e. The number of ether oxygens (including phenoxy) is 2. The predicted molar refractivity (Wildman–Crippen MR) is 85.0 cm³/mol. The first-order valence-corrected chi connectivity index (χ1v) is 7.80. The molecule has 0 spiro atoms. The van der Waals surface area contributed by atoms with Gasteiger partial charge in [0.15, 0.2) is 0 Å². The van der Waals surface area contributed by atoms with Gasteiger partial charge in [-0.2, -0.15) is 0 Å². The first-order chi connectivity index (χ1) is 10.9. The molecule has 0 unspecified atom stereocenters. The molecule has 4 heteroatoms. The van der Waals surface area contributed by atoms with Crippen molar-refractivity contribution in [3.05, 3.63) is 54.4 Å². The Morgan fingerprint density at radius 1 is 1.14 bits per heavy atom. The highest BCUT2D eigenvalue weighted by atomic mass is 16.5. The lowest BCUT2D eigenvalue weighted by atomic mass is 10.3. The lowest BCUT2D eigenvalue weighted by Gasteiger charge is -2.15. The predicted octanol–water partition coefficient (Wildman–Crippen LogP) is 2.94. The third kappa shape index (κ3) is 4.46. The molecule has 1 aliphatic rings. The molecule has 2 aromatic rings. The van der Waals surface area contributed by atoms with E-state index >= 15 is 0 Å². The average Bonchev–Trinajstić information content (AvgIpc) is 3.08. The Morgan fingerprint density at radius 2 is 2.05 bits per heavy atom. The number of rotatable bonds is 7. The Balaban J connectivity index is 1.47. The molecule has 115 valence electrons. The van der Waals surface area contributed by atoms with E-state index in [1.807, 2.05) is 36.4 Å². The van der Waals surface area contributed by atoms with Gasteiger partial charge in [-0.1, -0.05) is 6.07 Å². The van der Waals surface area contributed by atoms with Crippen LogP contribution in [0.5, 0.6) is 11.5 Å². The highest BCUT2D eigenvalue weighted by Crippen LogP contribution is 2.19. The summed E-state index contributed by atoms with van der Waals surface area (Å²) in [6, 6.07) is 14.5. The van der Waals surface area contributed by atoms with E-state index in [1.54, 1.807) is 6.20 Å². The summed E-state index contributed by atoms with van der Waals surface area (Å²) in [6.07, 6.45) is 4.39. The van der Waals surface area contributed by atoms with Crippen LogP contribution in [-0.2, 0) is 6.61 Å². The van der Waals surface area contributed by atoms with Gasteiger partial charge in [0, 0.05) is 24.9 Å².